The van der Waals surface area contributed by atoms with Crippen LogP contribution < -0.4 is 0 Å². The fourth-order valence-corrected chi connectivity index (χ4v) is 7.51. The van der Waals surface area contributed by atoms with Crippen LogP contribution in [0.3, 0.4) is 0 Å². The van der Waals surface area contributed by atoms with E-state index in [2.05, 4.69) is 6.92 Å². The third kappa shape index (κ3) is 1.52. The van der Waals surface area contributed by atoms with Crippen molar-refractivity contribution < 1.29 is 23.9 Å². The highest BCUT2D eigenvalue weighted by molar-refractivity contribution is 6.21. The zero-order valence-corrected chi connectivity index (χ0v) is 14.8. The summed E-state index contributed by atoms with van der Waals surface area (Å²) < 4.78 is 12.2. The molecule has 2 heterocycles. The number of allylic oxidation sites excluding steroid dienone is 2. The van der Waals surface area contributed by atoms with Gasteiger partial charge in [0, 0.05) is 22.5 Å². The third-order valence-electron chi connectivity index (χ3n) is 8.33. The van der Waals surface area contributed by atoms with Crippen molar-refractivity contribution in [1.29, 1.82) is 0 Å². The number of carbonyl (C=O) groups excluding carboxylic acids is 3. The van der Waals surface area contributed by atoms with Crippen LogP contribution in [0.5, 0.6) is 0 Å². The predicted molar refractivity (Wildman–Crippen MR) is 89.8 cm³/mol. The zero-order valence-electron chi connectivity index (χ0n) is 14.8. The van der Waals surface area contributed by atoms with Crippen LogP contribution in [0.2, 0.25) is 0 Å². The van der Waals surface area contributed by atoms with Gasteiger partial charge in [0.1, 0.15) is 6.10 Å². The van der Waals surface area contributed by atoms with Crippen LogP contribution in [0.1, 0.15) is 32.6 Å². The van der Waals surface area contributed by atoms with Gasteiger partial charge < -0.3 is 9.47 Å². The Balaban J connectivity index is 1.64. The van der Waals surface area contributed by atoms with Gasteiger partial charge in [-0.1, -0.05) is 6.92 Å². The summed E-state index contributed by atoms with van der Waals surface area (Å²) in [5.74, 6) is 0.775. The van der Waals surface area contributed by atoms with E-state index in [1.165, 1.54) is 12.2 Å². The number of ether oxygens (including phenoxy) is 2. The zero-order chi connectivity index (χ0) is 17.8. The Morgan fingerprint density at radius 2 is 1.81 bits per heavy atom. The molecule has 0 N–H and O–H groups in total. The molecule has 6 aliphatic rings. The van der Waals surface area contributed by atoms with E-state index in [1.807, 2.05) is 0 Å². The van der Waals surface area contributed by atoms with Crippen molar-refractivity contribution in [3.8, 4) is 0 Å². The Morgan fingerprint density at radius 1 is 1.04 bits per heavy atom. The SMILES string of the molecule is C[C@@H]1CO[C@@H]2C3=C(C(=O)C=CC3=O)[C@H]3OC(=O)[C@H]4CC[C@H]5[C@H]1CC[C@]25[C@H]43. The summed E-state index contributed by atoms with van der Waals surface area (Å²) >= 11 is 0. The van der Waals surface area contributed by atoms with Crippen molar-refractivity contribution in [2.75, 3.05) is 6.61 Å². The van der Waals surface area contributed by atoms with Crippen molar-refractivity contribution in [3.63, 3.8) is 0 Å². The molecule has 2 bridgehead atoms. The van der Waals surface area contributed by atoms with E-state index in [4.69, 9.17) is 9.47 Å². The van der Waals surface area contributed by atoms with Gasteiger partial charge >= 0.3 is 5.97 Å². The lowest BCUT2D eigenvalue weighted by atomic mass is 9.48. The second-order valence-corrected chi connectivity index (χ2v) is 9.07. The lowest BCUT2D eigenvalue weighted by Crippen LogP contribution is -2.59. The van der Waals surface area contributed by atoms with Crippen LogP contribution in [0.15, 0.2) is 23.3 Å². The fraction of sp³-hybridized carbons (Fsp3) is 0.667. The van der Waals surface area contributed by atoms with Gasteiger partial charge in [0.2, 0.25) is 0 Å². The second-order valence-electron chi connectivity index (χ2n) is 9.07. The molecule has 4 fully saturated rings. The summed E-state index contributed by atoms with van der Waals surface area (Å²) in [6.07, 6.45) is 5.70. The normalized spacial score (nSPS) is 51.1. The summed E-state index contributed by atoms with van der Waals surface area (Å²) in [7, 11) is 0. The van der Waals surface area contributed by atoms with Crippen molar-refractivity contribution in [2.24, 2.45) is 35.0 Å². The van der Waals surface area contributed by atoms with E-state index in [0.29, 0.717) is 35.5 Å². The molecule has 4 aliphatic carbocycles. The van der Waals surface area contributed by atoms with Crippen molar-refractivity contribution >= 4 is 17.5 Å². The number of hydrogen-bond acceptors (Lipinski definition) is 5. The van der Waals surface area contributed by atoms with Crippen LogP contribution in [-0.2, 0) is 23.9 Å². The lowest BCUT2D eigenvalue weighted by Gasteiger charge is -2.55. The van der Waals surface area contributed by atoms with Crippen LogP contribution in [0, 0.1) is 35.0 Å². The van der Waals surface area contributed by atoms with Gasteiger partial charge in [-0.25, -0.2) is 0 Å². The molecule has 26 heavy (non-hydrogen) atoms. The van der Waals surface area contributed by atoms with Gasteiger partial charge in [-0.2, -0.15) is 0 Å². The molecule has 5 nitrogen and oxygen atoms in total. The van der Waals surface area contributed by atoms with E-state index in [9.17, 15) is 14.4 Å². The van der Waals surface area contributed by atoms with E-state index in [1.54, 1.807) is 0 Å². The Hall–Kier alpha value is -1.75. The highest BCUT2D eigenvalue weighted by Crippen LogP contribution is 2.70. The number of fused-ring (bicyclic) bond motifs is 2. The molecule has 2 saturated heterocycles. The van der Waals surface area contributed by atoms with Crippen LogP contribution >= 0.6 is 0 Å². The number of esters is 1. The number of ketones is 2. The summed E-state index contributed by atoms with van der Waals surface area (Å²) in [5.41, 5.74) is 0.677. The van der Waals surface area contributed by atoms with Crippen LogP contribution in [0.4, 0.5) is 0 Å². The highest BCUT2D eigenvalue weighted by Gasteiger charge is 2.72. The molecule has 0 amide bonds. The Bertz CT molecular complexity index is 822. The maximum absolute atomic E-state index is 12.9. The Kier molecular flexibility index (Phi) is 2.80. The first-order valence-corrected chi connectivity index (χ1v) is 9.87. The highest BCUT2D eigenvalue weighted by atomic mass is 16.6. The summed E-state index contributed by atoms with van der Waals surface area (Å²) in [5, 5.41) is 0. The average Bonchev–Trinajstić information content (AvgIpc) is 3.13. The molecular formula is C21H22O5. The molecule has 1 spiro atoms. The molecule has 0 aromatic rings. The summed E-state index contributed by atoms with van der Waals surface area (Å²) in [6, 6.07) is 0. The maximum Gasteiger partial charge on any atom is 0.310 e. The summed E-state index contributed by atoms with van der Waals surface area (Å²) in [6.45, 7) is 2.86. The maximum atomic E-state index is 12.9. The smallest absolute Gasteiger partial charge is 0.310 e. The molecule has 0 aromatic carbocycles. The largest absolute Gasteiger partial charge is 0.457 e. The summed E-state index contributed by atoms with van der Waals surface area (Å²) in [4.78, 5) is 38.2. The Labute approximate surface area is 151 Å². The Morgan fingerprint density at radius 3 is 2.62 bits per heavy atom. The van der Waals surface area contributed by atoms with Crippen molar-refractivity contribution in [2.45, 2.75) is 44.8 Å². The van der Waals surface area contributed by atoms with Crippen LogP contribution in [-0.4, -0.2) is 36.4 Å². The molecular weight excluding hydrogens is 332 g/mol. The monoisotopic (exact) mass is 354 g/mol. The lowest BCUT2D eigenvalue weighted by molar-refractivity contribution is -0.143. The number of hydrogen-bond donors (Lipinski definition) is 0. The topological polar surface area (TPSA) is 69.7 Å². The van der Waals surface area contributed by atoms with E-state index >= 15 is 0 Å². The number of carbonyl (C=O) groups is 3. The molecule has 6 rings (SSSR count). The molecule has 136 valence electrons. The number of rotatable bonds is 0. The predicted octanol–water partition coefficient (Wildman–Crippen LogP) is 2.00. The van der Waals surface area contributed by atoms with Gasteiger partial charge in [0.15, 0.2) is 11.6 Å². The standard InChI is InChI=1S/C21H22O5/c1-9-8-25-19-16-14(23)5-4-13(22)15(16)18-17-11(20(24)26-18)2-3-12-10(9)6-7-21(12,17)19/h4-5,9-12,17-19H,2-3,6-8H2,1H3/t9-,10+,11+,12+,17-,18-,19-,21+/m1/s1. The molecule has 0 unspecified atom stereocenters. The van der Waals surface area contributed by atoms with Gasteiger partial charge in [-0.3, -0.25) is 14.4 Å². The minimum atomic E-state index is -0.557. The first-order chi connectivity index (χ1) is 12.5. The fourth-order valence-electron chi connectivity index (χ4n) is 7.51. The third-order valence-corrected chi connectivity index (χ3v) is 8.33. The molecule has 0 radical (unpaired) electrons. The first-order valence-electron chi connectivity index (χ1n) is 9.87. The van der Waals surface area contributed by atoms with Crippen molar-refractivity contribution in [3.05, 3.63) is 23.3 Å². The second kappa shape index (κ2) is 4.75. The van der Waals surface area contributed by atoms with Gasteiger partial charge in [-0.05, 0) is 55.6 Å². The molecule has 0 aromatic heterocycles. The van der Waals surface area contributed by atoms with E-state index in [0.717, 1.165) is 25.7 Å². The van der Waals surface area contributed by atoms with E-state index < -0.39 is 6.10 Å². The van der Waals surface area contributed by atoms with Gasteiger partial charge in [0.05, 0.1) is 18.6 Å². The van der Waals surface area contributed by atoms with Gasteiger partial charge in [0.25, 0.3) is 0 Å². The minimum Gasteiger partial charge on any atom is -0.457 e. The molecule has 2 saturated carbocycles. The van der Waals surface area contributed by atoms with Crippen LogP contribution in [0.25, 0.3) is 0 Å². The average molecular weight is 354 g/mol. The minimum absolute atomic E-state index is 0.0175. The molecule has 5 heteroatoms. The van der Waals surface area contributed by atoms with Crippen molar-refractivity contribution in [1.82, 2.24) is 0 Å². The first kappa shape index (κ1) is 15.3. The van der Waals surface area contributed by atoms with E-state index in [-0.39, 0.29) is 40.9 Å². The molecule has 2 aliphatic heterocycles. The molecule has 8 atom stereocenters. The van der Waals surface area contributed by atoms with Gasteiger partial charge in [-0.15, -0.1) is 0 Å². The quantitative estimate of drug-likeness (QED) is 0.492.